The molecule has 4 rings (SSSR count). The SMILES string of the molecule is CC.CCC.CCN(CC)CCc1cnc(C2CCCCC2)s1.Cc1ccc(C(=O)n2ccnc2)nc1. The van der Waals surface area contributed by atoms with Crippen LogP contribution in [0.15, 0.2) is 43.2 Å². The number of nitrogens with zero attached hydrogens (tertiary/aromatic N) is 5. The number of pyridine rings is 1. The van der Waals surface area contributed by atoms with Crippen molar-refractivity contribution in [2.75, 3.05) is 19.6 Å². The molecule has 1 aliphatic carbocycles. The number of aryl methyl sites for hydroxylation is 1. The molecule has 1 fully saturated rings. The number of carbonyl (C=O) groups is 1. The summed E-state index contributed by atoms with van der Waals surface area (Å²) in [4.78, 5) is 28.1. The first-order valence-electron chi connectivity index (χ1n) is 14.1. The summed E-state index contributed by atoms with van der Waals surface area (Å²) in [5.41, 5.74) is 1.46. The fraction of sp³-hybridized carbons (Fsp3) is 0.600. The molecule has 0 aromatic carbocycles. The first-order chi connectivity index (χ1) is 18.0. The molecule has 0 amide bonds. The number of imidazole rings is 1. The van der Waals surface area contributed by atoms with Gasteiger partial charge < -0.3 is 4.90 Å². The molecule has 0 spiro atoms. The number of rotatable bonds is 7. The van der Waals surface area contributed by atoms with Crippen LogP contribution in [0.4, 0.5) is 0 Å². The van der Waals surface area contributed by atoms with E-state index in [0.29, 0.717) is 5.69 Å². The lowest BCUT2D eigenvalue weighted by molar-refractivity contribution is 0.0955. The Morgan fingerprint density at radius 1 is 1.03 bits per heavy atom. The molecule has 0 N–H and O–H groups in total. The van der Waals surface area contributed by atoms with Crippen molar-refractivity contribution in [1.82, 2.24) is 24.4 Å². The zero-order valence-corrected chi connectivity index (χ0v) is 25.1. The number of aromatic nitrogens is 4. The van der Waals surface area contributed by atoms with E-state index >= 15 is 0 Å². The van der Waals surface area contributed by atoms with Crippen molar-refractivity contribution < 1.29 is 4.79 Å². The second-order valence-electron chi connectivity index (χ2n) is 8.98. The number of thiazole rings is 1. The lowest BCUT2D eigenvalue weighted by Crippen LogP contribution is -2.25. The molecule has 0 radical (unpaired) electrons. The second kappa shape index (κ2) is 19.7. The van der Waals surface area contributed by atoms with Crippen LogP contribution in [0, 0.1) is 6.92 Å². The van der Waals surface area contributed by atoms with E-state index in [1.165, 1.54) is 72.3 Å². The zero-order valence-electron chi connectivity index (χ0n) is 24.2. The summed E-state index contributed by atoms with van der Waals surface area (Å²) in [6.07, 6.45) is 17.8. The third-order valence-electron chi connectivity index (χ3n) is 5.96. The van der Waals surface area contributed by atoms with Crippen molar-refractivity contribution in [3.05, 3.63) is 64.4 Å². The van der Waals surface area contributed by atoms with Gasteiger partial charge in [-0.15, -0.1) is 11.3 Å². The monoisotopic (exact) mass is 527 g/mol. The predicted molar refractivity (Wildman–Crippen MR) is 158 cm³/mol. The number of carbonyl (C=O) groups excluding carboxylic acids is 1. The van der Waals surface area contributed by atoms with E-state index in [1.807, 2.05) is 38.2 Å². The van der Waals surface area contributed by atoms with Crippen LogP contribution >= 0.6 is 11.3 Å². The van der Waals surface area contributed by atoms with Gasteiger partial charge in [0.05, 0.1) is 5.01 Å². The van der Waals surface area contributed by atoms with Gasteiger partial charge in [-0.25, -0.2) is 9.97 Å². The third kappa shape index (κ3) is 12.1. The van der Waals surface area contributed by atoms with Crippen LogP contribution in [0.25, 0.3) is 0 Å². The van der Waals surface area contributed by atoms with Gasteiger partial charge in [0.2, 0.25) is 0 Å². The highest BCUT2D eigenvalue weighted by atomic mass is 32.1. The van der Waals surface area contributed by atoms with Crippen LogP contribution in [0.1, 0.15) is 112 Å². The van der Waals surface area contributed by atoms with Crippen LogP contribution < -0.4 is 0 Å². The van der Waals surface area contributed by atoms with Crippen molar-refractivity contribution in [2.24, 2.45) is 0 Å². The molecule has 6 nitrogen and oxygen atoms in total. The van der Waals surface area contributed by atoms with Crippen LogP contribution in [-0.2, 0) is 6.42 Å². The molecule has 3 heterocycles. The Hall–Kier alpha value is -2.38. The standard InChI is InChI=1S/C15H26N2S.C10H9N3O.C3H8.C2H6/c1-3-17(4-2)11-10-14-12-16-15(18-14)13-8-6-5-7-9-13;1-8-2-3-9(12-6-8)10(14)13-5-4-11-7-13;1-3-2;1-2/h12-13H,3-11H2,1-2H3;2-7H,1H3;3H2,1-2H3;1-2H3. The van der Waals surface area contributed by atoms with Crippen molar-refractivity contribution in [1.29, 1.82) is 0 Å². The van der Waals surface area contributed by atoms with Crippen LogP contribution in [0.2, 0.25) is 0 Å². The molecule has 3 aromatic heterocycles. The maximum Gasteiger partial charge on any atom is 0.281 e. The molecule has 3 aromatic rings. The average Bonchev–Trinajstić information content (AvgIpc) is 3.65. The van der Waals surface area contributed by atoms with Gasteiger partial charge in [0.1, 0.15) is 12.0 Å². The van der Waals surface area contributed by atoms with E-state index in [1.54, 1.807) is 24.7 Å². The lowest BCUT2D eigenvalue weighted by atomic mass is 9.90. The van der Waals surface area contributed by atoms with E-state index in [-0.39, 0.29) is 5.91 Å². The number of likely N-dealkylation sites (N-methyl/N-ethyl adjacent to an activating group) is 1. The molecule has 206 valence electrons. The molecule has 0 bridgehead atoms. The Labute approximate surface area is 229 Å². The summed E-state index contributed by atoms with van der Waals surface area (Å²) < 4.78 is 1.40. The van der Waals surface area contributed by atoms with Crippen molar-refractivity contribution in [3.63, 3.8) is 0 Å². The van der Waals surface area contributed by atoms with Crippen molar-refractivity contribution in [2.45, 2.75) is 99.3 Å². The molecule has 0 atom stereocenters. The minimum Gasteiger partial charge on any atom is -0.304 e. The Balaban J connectivity index is 0.000000322. The molecule has 1 aliphatic rings. The van der Waals surface area contributed by atoms with Crippen LogP contribution in [-0.4, -0.2) is 50.0 Å². The predicted octanol–water partition coefficient (Wildman–Crippen LogP) is 7.79. The minimum absolute atomic E-state index is 0.164. The van der Waals surface area contributed by atoms with Gasteiger partial charge in [-0.3, -0.25) is 14.3 Å². The highest BCUT2D eigenvalue weighted by Crippen LogP contribution is 2.34. The fourth-order valence-electron chi connectivity index (χ4n) is 3.89. The molecular formula is C30H49N5OS. The maximum absolute atomic E-state index is 11.7. The van der Waals surface area contributed by atoms with Gasteiger partial charge in [0.15, 0.2) is 0 Å². The second-order valence-corrected chi connectivity index (χ2v) is 10.1. The maximum atomic E-state index is 11.7. The van der Waals surface area contributed by atoms with E-state index in [0.717, 1.165) is 24.6 Å². The van der Waals surface area contributed by atoms with Gasteiger partial charge >= 0.3 is 0 Å². The highest BCUT2D eigenvalue weighted by Gasteiger charge is 2.18. The summed E-state index contributed by atoms with van der Waals surface area (Å²) in [7, 11) is 0. The first kappa shape index (κ1) is 32.6. The molecule has 0 aliphatic heterocycles. The van der Waals surface area contributed by atoms with E-state index in [4.69, 9.17) is 0 Å². The van der Waals surface area contributed by atoms with Crippen molar-refractivity contribution >= 4 is 17.2 Å². The summed E-state index contributed by atoms with van der Waals surface area (Å²) in [5.74, 6) is 0.605. The quantitative estimate of drug-likeness (QED) is 0.314. The molecule has 37 heavy (non-hydrogen) atoms. The van der Waals surface area contributed by atoms with Gasteiger partial charge in [-0.2, -0.15) is 0 Å². The van der Waals surface area contributed by atoms with Gasteiger partial charge in [0, 0.05) is 42.1 Å². The van der Waals surface area contributed by atoms with Gasteiger partial charge in [-0.05, 0) is 50.9 Å². The summed E-state index contributed by atoms with van der Waals surface area (Å²) in [6.45, 7) is 18.2. The van der Waals surface area contributed by atoms with Crippen molar-refractivity contribution in [3.8, 4) is 0 Å². The first-order valence-corrected chi connectivity index (χ1v) is 15.0. The summed E-state index contributed by atoms with van der Waals surface area (Å²) in [6, 6.07) is 3.56. The third-order valence-corrected chi connectivity index (χ3v) is 7.18. The van der Waals surface area contributed by atoms with Crippen LogP contribution in [0.5, 0.6) is 0 Å². The fourth-order valence-corrected chi connectivity index (χ4v) is 4.97. The molecule has 0 saturated heterocycles. The zero-order chi connectivity index (χ0) is 27.5. The lowest BCUT2D eigenvalue weighted by Gasteiger charge is -2.19. The Morgan fingerprint density at radius 3 is 2.24 bits per heavy atom. The Bertz CT molecular complexity index is 943. The normalized spacial score (nSPS) is 13.0. The van der Waals surface area contributed by atoms with Gasteiger partial charge in [-0.1, -0.05) is 73.3 Å². The Kier molecular flexibility index (Phi) is 17.4. The highest BCUT2D eigenvalue weighted by molar-refractivity contribution is 7.11. The van der Waals surface area contributed by atoms with E-state index in [2.05, 4.69) is 53.7 Å². The molecule has 0 unspecified atom stereocenters. The van der Waals surface area contributed by atoms with E-state index in [9.17, 15) is 4.79 Å². The minimum atomic E-state index is -0.164. The molecule has 1 saturated carbocycles. The summed E-state index contributed by atoms with van der Waals surface area (Å²) in [5, 5.41) is 1.41. The molecular weight excluding hydrogens is 478 g/mol. The largest absolute Gasteiger partial charge is 0.304 e. The summed E-state index contributed by atoms with van der Waals surface area (Å²) >= 11 is 1.96. The van der Waals surface area contributed by atoms with E-state index < -0.39 is 0 Å². The van der Waals surface area contributed by atoms with Crippen LogP contribution in [0.3, 0.4) is 0 Å². The smallest absolute Gasteiger partial charge is 0.281 e. The average molecular weight is 528 g/mol. The molecule has 7 heteroatoms. The van der Waals surface area contributed by atoms with Gasteiger partial charge in [0.25, 0.3) is 5.91 Å². The topological polar surface area (TPSA) is 63.9 Å². The number of hydrogen-bond donors (Lipinski definition) is 0. The Morgan fingerprint density at radius 2 is 1.70 bits per heavy atom. The number of hydrogen-bond acceptors (Lipinski definition) is 6.